The molecule has 0 saturated carbocycles. The Morgan fingerprint density at radius 3 is 2.47 bits per heavy atom. The van der Waals surface area contributed by atoms with E-state index < -0.39 is 0 Å². The Labute approximate surface area is 109 Å². The van der Waals surface area contributed by atoms with Gasteiger partial charge in [-0.1, -0.05) is 45.7 Å². The number of nitrogens with two attached hydrogens (primary N) is 1. The maximum absolute atomic E-state index is 6.16. The summed E-state index contributed by atoms with van der Waals surface area (Å²) in [6.07, 6.45) is 2.20. The number of hydrogen-bond acceptors (Lipinski definition) is 1. The van der Waals surface area contributed by atoms with Gasteiger partial charge in [0.1, 0.15) is 0 Å². The fourth-order valence-electron chi connectivity index (χ4n) is 1.47. The minimum atomic E-state index is 0.124. The second-order valence-corrected chi connectivity index (χ2v) is 6.01. The van der Waals surface area contributed by atoms with Gasteiger partial charge in [0.05, 0.1) is 0 Å². The normalized spacial score (nSPS) is 13.2. The molecule has 3 heteroatoms. The Balaban J connectivity index is 2.72. The van der Waals surface area contributed by atoms with Crippen molar-refractivity contribution < 1.29 is 0 Å². The van der Waals surface area contributed by atoms with Gasteiger partial charge in [-0.3, -0.25) is 0 Å². The fraction of sp³-hybridized carbons (Fsp3) is 0.500. The van der Waals surface area contributed by atoms with Crippen LogP contribution in [0.5, 0.6) is 0 Å². The van der Waals surface area contributed by atoms with Crippen LogP contribution in [0.2, 0.25) is 0 Å². The molecule has 0 fully saturated rings. The van der Waals surface area contributed by atoms with E-state index in [9.17, 15) is 0 Å². The molecule has 1 unspecified atom stereocenters. The topological polar surface area (TPSA) is 26.0 Å². The average molecular weight is 335 g/mol. The van der Waals surface area contributed by atoms with E-state index in [-0.39, 0.29) is 6.04 Å². The van der Waals surface area contributed by atoms with Gasteiger partial charge in [0, 0.05) is 15.0 Å². The molecular weight excluding hydrogens is 318 g/mol. The second-order valence-electron chi connectivity index (χ2n) is 4.24. The summed E-state index contributed by atoms with van der Waals surface area (Å²) in [4.78, 5) is 0. The van der Waals surface area contributed by atoms with Crippen LogP contribution in [0, 0.1) is 5.92 Å². The Morgan fingerprint density at radius 2 is 1.87 bits per heavy atom. The molecule has 1 aromatic rings. The first-order chi connectivity index (χ1) is 7.00. The quantitative estimate of drug-likeness (QED) is 0.852. The molecule has 0 aromatic heterocycles. The highest BCUT2D eigenvalue weighted by Crippen LogP contribution is 2.28. The molecule has 0 radical (unpaired) electrons. The SMILES string of the molecule is CC(C)CCC(N)c1cc(Br)ccc1Br. The van der Waals surface area contributed by atoms with Crippen molar-refractivity contribution in [1.82, 2.24) is 0 Å². The molecule has 1 nitrogen and oxygen atoms in total. The molecule has 0 saturated heterocycles. The minimum Gasteiger partial charge on any atom is -0.324 e. The number of benzene rings is 1. The maximum atomic E-state index is 6.16. The summed E-state index contributed by atoms with van der Waals surface area (Å²) in [7, 11) is 0. The molecule has 1 aromatic carbocycles. The van der Waals surface area contributed by atoms with E-state index in [1.54, 1.807) is 0 Å². The second kappa shape index (κ2) is 6.02. The van der Waals surface area contributed by atoms with Gasteiger partial charge in [-0.25, -0.2) is 0 Å². The van der Waals surface area contributed by atoms with Gasteiger partial charge in [-0.2, -0.15) is 0 Å². The van der Waals surface area contributed by atoms with Gasteiger partial charge in [0.25, 0.3) is 0 Å². The van der Waals surface area contributed by atoms with E-state index in [2.05, 4.69) is 51.8 Å². The minimum absolute atomic E-state index is 0.124. The molecule has 0 aliphatic heterocycles. The van der Waals surface area contributed by atoms with Crippen molar-refractivity contribution in [2.24, 2.45) is 11.7 Å². The van der Waals surface area contributed by atoms with Crippen molar-refractivity contribution in [2.75, 3.05) is 0 Å². The zero-order valence-corrected chi connectivity index (χ0v) is 12.3. The molecule has 0 spiro atoms. The summed E-state index contributed by atoms with van der Waals surface area (Å²) in [6.45, 7) is 4.45. The van der Waals surface area contributed by atoms with E-state index >= 15 is 0 Å². The van der Waals surface area contributed by atoms with E-state index in [1.165, 1.54) is 12.0 Å². The zero-order chi connectivity index (χ0) is 11.4. The standard InChI is InChI=1S/C12H17Br2N/c1-8(2)3-6-12(15)10-7-9(13)4-5-11(10)14/h4-5,7-8,12H,3,6,15H2,1-2H3. The molecule has 0 aliphatic carbocycles. The average Bonchev–Trinajstić information content (AvgIpc) is 2.18. The molecule has 0 bridgehead atoms. The van der Waals surface area contributed by atoms with E-state index in [0.717, 1.165) is 15.4 Å². The lowest BCUT2D eigenvalue weighted by molar-refractivity contribution is 0.506. The van der Waals surface area contributed by atoms with Crippen LogP contribution in [0.25, 0.3) is 0 Å². The van der Waals surface area contributed by atoms with Crippen molar-refractivity contribution in [3.05, 3.63) is 32.7 Å². The van der Waals surface area contributed by atoms with Crippen LogP contribution in [0.3, 0.4) is 0 Å². The lowest BCUT2D eigenvalue weighted by atomic mass is 9.98. The summed E-state index contributed by atoms with van der Waals surface area (Å²) in [6, 6.07) is 6.27. The zero-order valence-electron chi connectivity index (χ0n) is 9.13. The van der Waals surface area contributed by atoms with Gasteiger partial charge in [-0.15, -0.1) is 0 Å². The van der Waals surface area contributed by atoms with E-state index in [1.807, 2.05) is 12.1 Å². The van der Waals surface area contributed by atoms with Gasteiger partial charge in [0.15, 0.2) is 0 Å². The Kier molecular flexibility index (Phi) is 5.30. The third-order valence-electron chi connectivity index (χ3n) is 2.41. The molecule has 0 aliphatic rings. The van der Waals surface area contributed by atoms with Gasteiger partial charge >= 0.3 is 0 Å². The largest absolute Gasteiger partial charge is 0.324 e. The highest BCUT2D eigenvalue weighted by molar-refractivity contribution is 9.11. The number of rotatable bonds is 4. The highest BCUT2D eigenvalue weighted by Gasteiger charge is 2.10. The first kappa shape index (κ1) is 13.2. The van der Waals surface area contributed by atoms with Crippen molar-refractivity contribution >= 4 is 31.9 Å². The van der Waals surface area contributed by atoms with Crippen LogP contribution in [0.4, 0.5) is 0 Å². The van der Waals surface area contributed by atoms with Crippen LogP contribution in [0.1, 0.15) is 38.3 Å². The Morgan fingerprint density at radius 1 is 1.20 bits per heavy atom. The molecule has 0 amide bonds. The van der Waals surface area contributed by atoms with Gasteiger partial charge in [-0.05, 0) is 42.5 Å². The predicted octanol–water partition coefficient (Wildman–Crippen LogP) is 4.65. The van der Waals surface area contributed by atoms with Crippen LogP contribution in [0.15, 0.2) is 27.1 Å². The first-order valence-electron chi connectivity index (χ1n) is 5.21. The van der Waals surface area contributed by atoms with E-state index in [0.29, 0.717) is 5.92 Å². The fourth-order valence-corrected chi connectivity index (χ4v) is 2.39. The van der Waals surface area contributed by atoms with Crippen LogP contribution in [-0.2, 0) is 0 Å². The van der Waals surface area contributed by atoms with E-state index in [4.69, 9.17) is 5.73 Å². The first-order valence-corrected chi connectivity index (χ1v) is 6.80. The molecular formula is C12H17Br2N. The van der Waals surface area contributed by atoms with Crippen molar-refractivity contribution in [3.63, 3.8) is 0 Å². The third kappa shape index (κ3) is 4.25. The lowest BCUT2D eigenvalue weighted by Crippen LogP contribution is -2.11. The molecule has 2 N–H and O–H groups in total. The highest BCUT2D eigenvalue weighted by atomic mass is 79.9. The molecule has 0 heterocycles. The molecule has 84 valence electrons. The monoisotopic (exact) mass is 333 g/mol. The summed E-state index contributed by atoms with van der Waals surface area (Å²) in [5.74, 6) is 0.710. The van der Waals surface area contributed by atoms with Crippen LogP contribution < -0.4 is 5.73 Å². The third-order valence-corrected chi connectivity index (χ3v) is 3.63. The smallest absolute Gasteiger partial charge is 0.0306 e. The summed E-state index contributed by atoms with van der Waals surface area (Å²) >= 11 is 7.01. The Bertz CT molecular complexity index is 323. The molecule has 15 heavy (non-hydrogen) atoms. The predicted molar refractivity (Wildman–Crippen MR) is 72.8 cm³/mol. The summed E-state index contributed by atoms with van der Waals surface area (Å²) < 4.78 is 2.18. The molecule has 1 rings (SSSR count). The van der Waals surface area contributed by atoms with Gasteiger partial charge < -0.3 is 5.73 Å². The van der Waals surface area contributed by atoms with Crippen LogP contribution >= 0.6 is 31.9 Å². The number of halogens is 2. The van der Waals surface area contributed by atoms with Crippen molar-refractivity contribution in [1.29, 1.82) is 0 Å². The summed E-state index contributed by atoms with van der Waals surface area (Å²) in [5.41, 5.74) is 7.35. The Hall–Kier alpha value is 0.140. The van der Waals surface area contributed by atoms with Crippen molar-refractivity contribution in [3.8, 4) is 0 Å². The molecule has 1 atom stereocenters. The maximum Gasteiger partial charge on any atom is 0.0306 e. The number of hydrogen-bond donors (Lipinski definition) is 1. The summed E-state index contributed by atoms with van der Waals surface area (Å²) in [5, 5.41) is 0. The van der Waals surface area contributed by atoms with Crippen LogP contribution in [-0.4, -0.2) is 0 Å². The van der Waals surface area contributed by atoms with Gasteiger partial charge in [0.2, 0.25) is 0 Å². The lowest BCUT2D eigenvalue weighted by Gasteiger charge is -2.15. The van der Waals surface area contributed by atoms with Crippen molar-refractivity contribution in [2.45, 2.75) is 32.7 Å².